The van der Waals surface area contributed by atoms with Crippen LogP contribution in [0, 0.1) is 5.92 Å². The molecule has 1 atom stereocenters. The highest BCUT2D eigenvalue weighted by atomic mass is 15.0. The predicted molar refractivity (Wildman–Crippen MR) is 76.4 cm³/mol. The number of hydrogen-bond acceptors (Lipinski definition) is 2. The van der Waals surface area contributed by atoms with Gasteiger partial charge in [0.2, 0.25) is 0 Å². The molecule has 0 aromatic rings. The third kappa shape index (κ3) is 7.77. The van der Waals surface area contributed by atoms with Gasteiger partial charge in [-0.15, -0.1) is 0 Å². The van der Waals surface area contributed by atoms with Crippen LogP contribution < -0.4 is 10.6 Å². The summed E-state index contributed by atoms with van der Waals surface area (Å²) < 4.78 is 0. The molecule has 0 aromatic heterocycles. The van der Waals surface area contributed by atoms with Crippen LogP contribution in [0.5, 0.6) is 0 Å². The van der Waals surface area contributed by atoms with Crippen molar-refractivity contribution < 1.29 is 0 Å². The first-order valence-corrected chi connectivity index (χ1v) is 7.65. The summed E-state index contributed by atoms with van der Waals surface area (Å²) >= 11 is 0. The molecule has 0 bridgehead atoms. The van der Waals surface area contributed by atoms with Crippen molar-refractivity contribution in [2.45, 2.75) is 77.8 Å². The first-order valence-electron chi connectivity index (χ1n) is 7.65. The normalized spacial score (nSPS) is 20.5. The number of rotatable bonds is 7. The third-order valence-corrected chi connectivity index (χ3v) is 3.73. The van der Waals surface area contributed by atoms with Gasteiger partial charge in [-0.3, -0.25) is 0 Å². The average molecular weight is 240 g/mol. The molecule has 17 heavy (non-hydrogen) atoms. The van der Waals surface area contributed by atoms with Gasteiger partial charge in [-0.2, -0.15) is 0 Å². The van der Waals surface area contributed by atoms with Crippen molar-refractivity contribution in [2.75, 3.05) is 13.1 Å². The Morgan fingerprint density at radius 3 is 2.18 bits per heavy atom. The Labute approximate surface area is 108 Å². The van der Waals surface area contributed by atoms with E-state index in [0.29, 0.717) is 6.04 Å². The van der Waals surface area contributed by atoms with Crippen LogP contribution in [-0.2, 0) is 0 Å². The minimum absolute atomic E-state index is 0.658. The van der Waals surface area contributed by atoms with Gasteiger partial charge < -0.3 is 10.6 Å². The lowest BCUT2D eigenvalue weighted by atomic mass is 10.1. The molecule has 1 aliphatic rings. The molecule has 0 spiro atoms. The summed E-state index contributed by atoms with van der Waals surface area (Å²) in [6.07, 6.45) is 9.81. The van der Waals surface area contributed by atoms with Gasteiger partial charge in [0, 0.05) is 25.2 Å². The summed E-state index contributed by atoms with van der Waals surface area (Å²) in [5.74, 6) is 0.798. The maximum Gasteiger partial charge on any atom is 0.00794 e. The van der Waals surface area contributed by atoms with Gasteiger partial charge in [-0.1, -0.05) is 39.5 Å². The second-order valence-corrected chi connectivity index (χ2v) is 6.13. The van der Waals surface area contributed by atoms with Crippen molar-refractivity contribution in [3.8, 4) is 0 Å². The molecule has 2 nitrogen and oxygen atoms in total. The van der Waals surface area contributed by atoms with Crippen LogP contribution >= 0.6 is 0 Å². The van der Waals surface area contributed by atoms with E-state index in [9.17, 15) is 0 Å². The van der Waals surface area contributed by atoms with Crippen molar-refractivity contribution in [2.24, 2.45) is 5.92 Å². The van der Waals surface area contributed by atoms with E-state index in [1.165, 1.54) is 44.9 Å². The Hall–Kier alpha value is -0.0800. The van der Waals surface area contributed by atoms with E-state index in [-0.39, 0.29) is 0 Å². The van der Waals surface area contributed by atoms with E-state index in [2.05, 4.69) is 31.4 Å². The first-order chi connectivity index (χ1) is 8.18. The zero-order valence-electron chi connectivity index (χ0n) is 12.1. The van der Waals surface area contributed by atoms with Gasteiger partial charge >= 0.3 is 0 Å². The molecule has 0 aliphatic heterocycles. The fourth-order valence-electron chi connectivity index (χ4n) is 2.87. The highest BCUT2D eigenvalue weighted by Gasteiger charge is 2.11. The van der Waals surface area contributed by atoms with Crippen LogP contribution in [0.1, 0.15) is 65.7 Å². The Morgan fingerprint density at radius 1 is 0.941 bits per heavy atom. The average Bonchev–Trinajstić information content (AvgIpc) is 2.52. The fraction of sp³-hybridized carbons (Fsp3) is 1.00. The summed E-state index contributed by atoms with van der Waals surface area (Å²) in [4.78, 5) is 0. The Kier molecular flexibility index (Phi) is 7.87. The van der Waals surface area contributed by atoms with Gasteiger partial charge in [-0.25, -0.2) is 0 Å². The third-order valence-electron chi connectivity index (χ3n) is 3.73. The molecule has 1 aliphatic carbocycles. The molecule has 0 aromatic carbocycles. The molecule has 102 valence electrons. The van der Waals surface area contributed by atoms with Crippen LogP contribution in [0.4, 0.5) is 0 Å². The maximum atomic E-state index is 3.71. The standard InChI is InChI=1S/C15H32N2/c1-13(2)12-14(3)16-10-11-17-15-8-6-4-5-7-9-15/h13-17H,4-12H2,1-3H3. The highest BCUT2D eigenvalue weighted by Crippen LogP contribution is 2.16. The Morgan fingerprint density at radius 2 is 1.59 bits per heavy atom. The van der Waals surface area contributed by atoms with Crippen LogP contribution in [0.15, 0.2) is 0 Å². The molecule has 0 amide bonds. The quantitative estimate of drug-likeness (QED) is 0.527. The minimum Gasteiger partial charge on any atom is -0.313 e. The molecular weight excluding hydrogens is 208 g/mol. The van der Waals surface area contributed by atoms with Gasteiger partial charge in [0.15, 0.2) is 0 Å². The van der Waals surface area contributed by atoms with Crippen LogP contribution in [-0.4, -0.2) is 25.2 Å². The second-order valence-electron chi connectivity index (χ2n) is 6.13. The summed E-state index contributed by atoms with van der Waals surface area (Å²) in [5.41, 5.74) is 0. The van der Waals surface area contributed by atoms with Crippen molar-refractivity contribution in [1.82, 2.24) is 10.6 Å². The molecule has 2 N–H and O–H groups in total. The monoisotopic (exact) mass is 240 g/mol. The molecule has 0 saturated heterocycles. The van der Waals surface area contributed by atoms with Gasteiger partial charge in [-0.05, 0) is 32.1 Å². The molecular formula is C15H32N2. The Bertz CT molecular complexity index is 172. The van der Waals surface area contributed by atoms with Gasteiger partial charge in [0.05, 0.1) is 0 Å². The molecule has 0 heterocycles. The van der Waals surface area contributed by atoms with Gasteiger partial charge in [0.1, 0.15) is 0 Å². The van der Waals surface area contributed by atoms with E-state index in [4.69, 9.17) is 0 Å². The second kappa shape index (κ2) is 8.93. The summed E-state index contributed by atoms with van der Waals surface area (Å²) in [5, 5.41) is 7.31. The van der Waals surface area contributed by atoms with Crippen molar-refractivity contribution in [3.63, 3.8) is 0 Å². The molecule has 1 fully saturated rings. The first kappa shape index (κ1) is 15.0. The highest BCUT2D eigenvalue weighted by molar-refractivity contribution is 4.71. The molecule has 2 heteroatoms. The molecule has 1 saturated carbocycles. The zero-order chi connectivity index (χ0) is 12.5. The summed E-state index contributed by atoms with van der Waals surface area (Å²) in [6, 6.07) is 1.45. The molecule has 1 rings (SSSR count). The van der Waals surface area contributed by atoms with Crippen LogP contribution in [0.25, 0.3) is 0 Å². The van der Waals surface area contributed by atoms with E-state index in [0.717, 1.165) is 25.0 Å². The summed E-state index contributed by atoms with van der Waals surface area (Å²) in [6.45, 7) is 9.13. The molecule has 1 unspecified atom stereocenters. The van der Waals surface area contributed by atoms with Gasteiger partial charge in [0.25, 0.3) is 0 Å². The fourth-order valence-corrected chi connectivity index (χ4v) is 2.87. The van der Waals surface area contributed by atoms with E-state index in [1.54, 1.807) is 0 Å². The van der Waals surface area contributed by atoms with E-state index < -0.39 is 0 Å². The zero-order valence-corrected chi connectivity index (χ0v) is 12.1. The van der Waals surface area contributed by atoms with Crippen molar-refractivity contribution in [3.05, 3.63) is 0 Å². The number of hydrogen-bond donors (Lipinski definition) is 2. The topological polar surface area (TPSA) is 24.1 Å². The lowest BCUT2D eigenvalue weighted by Gasteiger charge is -2.19. The van der Waals surface area contributed by atoms with Crippen LogP contribution in [0.3, 0.4) is 0 Å². The lowest BCUT2D eigenvalue weighted by molar-refractivity contribution is 0.414. The lowest BCUT2D eigenvalue weighted by Crippen LogP contribution is -2.38. The SMILES string of the molecule is CC(C)CC(C)NCCNC1CCCCCC1. The Balaban J connectivity index is 1.99. The van der Waals surface area contributed by atoms with E-state index >= 15 is 0 Å². The minimum atomic E-state index is 0.658. The van der Waals surface area contributed by atoms with E-state index in [1.807, 2.05) is 0 Å². The largest absolute Gasteiger partial charge is 0.313 e. The van der Waals surface area contributed by atoms with Crippen molar-refractivity contribution >= 4 is 0 Å². The maximum absolute atomic E-state index is 3.71. The summed E-state index contributed by atoms with van der Waals surface area (Å²) in [7, 11) is 0. The number of nitrogens with one attached hydrogen (secondary N) is 2. The van der Waals surface area contributed by atoms with Crippen LogP contribution in [0.2, 0.25) is 0 Å². The van der Waals surface area contributed by atoms with Crippen molar-refractivity contribution in [1.29, 1.82) is 0 Å². The predicted octanol–water partition coefficient (Wildman–Crippen LogP) is 3.32. The smallest absolute Gasteiger partial charge is 0.00794 e. The molecule has 0 radical (unpaired) electrons.